The summed E-state index contributed by atoms with van der Waals surface area (Å²) in [5, 5.41) is 0. The van der Waals surface area contributed by atoms with Crippen LogP contribution in [-0.4, -0.2) is 18.8 Å². The third-order valence-electron chi connectivity index (χ3n) is 3.36. The first-order chi connectivity index (χ1) is 9.74. The summed E-state index contributed by atoms with van der Waals surface area (Å²) >= 11 is 0. The second kappa shape index (κ2) is 4.90. The van der Waals surface area contributed by atoms with Gasteiger partial charge in [-0.1, -0.05) is 42.5 Å². The Morgan fingerprint density at radius 1 is 0.950 bits per heavy atom. The van der Waals surface area contributed by atoms with Gasteiger partial charge in [0.15, 0.2) is 6.23 Å². The van der Waals surface area contributed by atoms with Gasteiger partial charge in [0.1, 0.15) is 0 Å². The smallest absolute Gasteiger partial charge is 0.301 e. The van der Waals surface area contributed by atoms with Crippen molar-refractivity contribution in [2.45, 2.75) is 6.23 Å². The van der Waals surface area contributed by atoms with E-state index in [2.05, 4.69) is 0 Å². The van der Waals surface area contributed by atoms with Gasteiger partial charge in [-0.25, -0.2) is 0 Å². The fourth-order valence-corrected chi connectivity index (χ4v) is 2.45. The topological polar surface area (TPSA) is 46.6 Å². The lowest BCUT2D eigenvalue weighted by atomic mass is 10.1. The molecule has 20 heavy (non-hydrogen) atoms. The molecule has 0 aliphatic carbocycles. The second-order valence-electron chi connectivity index (χ2n) is 4.52. The van der Waals surface area contributed by atoms with Crippen molar-refractivity contribution in [1.82, 2.24) is 0 Å². The summed E-state index contributed by atoms with van der Waals surface area (Å²) in [5.74, 6) is -1.04. The highest BCUT2D eigenvalue weighted by molar-refractivity contribution is 6.52. The van der Waals surface area contributed by atoms with Crippen molar-refractivity contribution < 1.29 is 14.3 Å². The monoisotopic (exact) mass is 267 g/mol. The Bertz CT molecular complexity index is 666. The van der Waals surface area contributed by atoms with Gasteiger partial charge in [0.05, 0.1) is 11.3 Å². The summed E-state index contributed by atoms with van der Waals surface area (Å²) in [7, 11) is 1.52. The van der Waals surface area contributed by atoms with Crippen molar-refractivity contribution in [3.8, 4) is 0 Å². The van der Waals surface area contributed by atoms with Crippen molar-refractivity contribution in [1.29, 1.82) is 0 Å². The van der Waals surface area contributed by atoms with Gasteiger partial charge in [-0.05, 0) is 12.1 Å². The van der Waals surface area contributed by atoms with Crippen LogP contribution < -0.4 is 4.90 Å². The number of anilines is 1. The predicted molar refractivity (Wildman–Crippen MR) is 74.5 cm³/mol. The number of carbonyl (C=O) groups excluding carboxylic acids is 2. The molecule has 0 bridgehead atoms. The molecule has 0 saturated carbocycles. The number of ether oxygens (including phenoxy) is 1. The standard InChI is InChI=1S/C16H13NO3/c1-20-16(11-7-3-2-4-8-11)17-13-10-6-5-9-12(13)14(18)15(17)19/h2-10,16H,1H3. The van der Waals surface area contributed by atoms with Gasteiger partial charge in [0, 0.05) is 12.7 Å². The van der Waals surface area contributed by atoms with Gasteiger partial charge in [-0.3, -0.25) is 14.5 Å². The third kappa shape index (κ3) is 1.82. The molecule has 0 radical (unpaired) electrons. The minimum Gasteiger partial charge on any atom is -0.357 e. The molecule has 1 aliphatic heterocycles. The number of ketones is 1. The molecule has 0 N–H and O–H groups in total. The zero-order valence-corrected chi connectivity index (χ0v) is 10.9. The fraction of sp³-hybridized carbons (Fsp3) is 0.125. The van der Waals surface area contributed by atoms with Crippen molar-refractivity contribution in [2.24, 2.45) is 0 Å². The van der Waals surface area contributed by atoms with Gasteiger partial charge in [-0.2, -0.15) is 0 Å². The summed E-state index contributed by atoms with van der Waals surface area (Å²) < 4.78 is 5.45. The Hall–Kier alpha value is -2.46. The van der Waals surface area contributed by atoms with Crippen LogP contribution in [0, 0.1) is 0 Å². The molecular weight excluding hydrogens is 254 g/mol. The minimum atomic E-state index is -0.601. The number of amides is 1. The lowest BCUT2D eigenvalue weighted by molar-refractivity contribution is -0.116. The minimum absolute atomic E-state index is 0.426. The Morgan fingerprint density at radius 2 is 1.60 bits per heavy atom. The average Bonchev–Trinajstić information content (AvgIpc) is 2.75. The van der Waals surface area contributed by atoms with Crippen LogP contribution in [0.25, 0.3) is 0 Å². The molecule has 1 amide bonds. The number of rotatable bonds is 3. The SMILES string of the molecule is COC(c1ccccc1)N1C(=O)C(=O)c2ccccc21. The summed E-state index contributed by atoms with van der Waals surface area (Å²) in [6.45, 7) is 0. The van der Waals surface area contributed by atoms with Crippen LogP contribution in [0.2, 0.25) is 0 Å². The van der Waals surface area contributed by atoms with E-state index < -0.39 is 17.9 Å². The van der Waals surface area contributed by atoms with Crippen LogP contribution in [0.15, 0.2) is 54.6 Å². The molecular formula is C16H13NO3. The number of benzene rings is 2. The lowest BCUT2D eigenvalue weighted by Gasteiger charge is -2.26. The van der Waals surface area contributed by atoms with E-state index in [-0.39, 0.29) is 0 Å². The molecule has 1 aliphatic rings. The van der Waals surface area contributed by atoms with Crippen molar-refractivity contribution >= 4 is 17.4 Å². The molecule has 0 aromatic heterocycles. The largest absolute Gasteiger partial charge is 0.357 e. The number of fused-ring (bicyclic) bond motifs is 1. The number of hydrogen-bond donors (Lipinski definition) is 0. The first kappa shape index (κ1) is 12.6. The summed E-state index contributed by atoms with van der Waals surface area (Å²) in [4.78, 5) is 25.7. The first-order valence-corrected chi connectivity index (χ1v) is 6.28. The van der Waals surface area contributed by atoms with E-state index in [9.17, 15) is 9.59 Å². The number of hydrogen-bond acceptors (Lipinski definition) is 3. The fourth-order valence-electron chi connectivity index (χ4n) is 2.45. The molecule has 0 saturated heterocycles. The van der Waals surface area contributed by atoms with Crippen LogP contribution in [0.3, 0.4) is 0 Å². The van der Waals surface area contributed by atoms with Gasteiger partial charge >= 0.3 is 5.91 Å². The summed E-state index contributed by atoms with van der Waals surface area (Å²) in [6, 6.07) is 16.3. The molecule has 1 atom stereocenters. The number of methoxy groups -OCH3 is 1. The Morgan fingerprint density at radius 3 is 2.30 bits per heavy atom. The van der Waals surface area contributed by atoms with Crippen LogP contribution >= 0.6 is 0 Å². The van der Waals surface area contributed by atoms with E-state index in [0.29, 0.717) is 11.3 Å². The molecule has 1 unspecified atom stereocenters. The van der Waals surface area contributed by atoms with E-state index in [1.807, 2.05) is 30.3 Å². The zero-order valence-electron chi connectivity index (χ0n) is 10.9. The van der Waals surface area contributed by atoms with Gasteiger partial charge in [0.25, 0.3) is 5.78 Å². The molecule has 2 aromatic rings. The molecule has 1 heterocycles. The molecule has 0 fully saturated rings. The highest BCUT2D eigenvalue weighted by Gasteiger charge is 2.40. The Kier molecular flexibility index (Phi) is 3.08. The number of para-hydroxylation sites is 1. The zero-order chi connectivity index (χ0) is 14.1. The highest BCUT2D eigenvalue weighted by atomic mass is 16.5. The van der Waals surface area contributed by atoms with E-state index >= 15 is 0 Å². The van der Waals surface area contributed by atoms with E-state index in [1.54, 1.807) is 24.3 Å². The number of carbonyl (C=O) groups is 2. The van der Waals surface area contributed by atoms with Crippen LogP contribution in [0.5, 0.6) is 0 Å². The second-order valence-corrected chi connectivity index (χ2v) is 4.52. The van der Waals surface area contributed by atoms with E-state index in [0.717, 1.165) is 5.56 Å². The predicted octanol–water partition coefficient (Wildman–Crippen LogP) is 2.56. The van der Waals surface area contributed by atoms with Crippen molar-refractivity contribution in [2.75, 3.05) is 12.0 Å². The maximum absolute atomic E-state index is 12.2. The third-order valence-corrected chi connectivity index (χ3v) is 3.36. The quantitative estimate of drug-likeness (QED) is 0.803. The maximum atomic E-state index is 12.2. The Labute approximate surface area is 116 Å². The number of Topliss-reactive ketones (excluding diaryl/α,β-unsaturated/α-hetero) is 1. The van der Waals surface area contributed by atoms with Crippen molar-refractivity contribution in [3.05, 3.63) is 65.7 Å². The average molecular weight is 267 g/mol. The molecule has 0 spiro atoms. The van der Waals surface area contributed by atoms with E-state index in [4.69, 9.17) is 4.74 Å². The normalized spacial score (nSPS) is 15.3. The molecule has 4 nitrogen and oxygen atoms in total. The van der Waals surface area contributed by atoms with Crippen LogP contribution in [0.4, 0.5) is 5.69 Å². The Balaban J connectivity index is 2.09. The molecule has 2 aromatic carbocycles. The molecule has 100 valence electrons. The van der Waals surface area contributed by atoms with Gasteiger partial charge in [0.2, 0.25) is 0 Å². The maximum Gasteiger partial charge on any atom is 0.301 e. The van der Waals surface area contributed by atoms with Crippen LogP contribution in [-0.2, 0) is 9.53 Å². The lowest BCUT2D eigenvalue weighted by Crippen LogP contribution is -2.34. The van der Waals surface area contributed by atoms with Crippen LogP contribution in [0.1, 0.15) is 22.1 Å². The van der Waals surface area contributed by atoms with Crippen molar-refractivity contribution in [3.63, 3.8) is 0 Å². The van der Waals surface area contributed by atoms with Gasteiger partial charge in [-0.15, -0.1) is 0 Å². The highest BCUT2D eigenvalue weighted by Crippen LogP contribution is 2.35. The number of nitrogens with zero attached hydrogens (tertiary/aromatic N) is 1. The van der Waals surface area contributed by atoms with E-state index in [1.165, 1.54) is 12.0 Å². The first-order valence-electron chi connectivity index (χ1n) is 6.28. The molecule has 3 rings (SSSR count). The summed E-state index contributed by atoms with van der Waals surface area (Å²) in [6.07, 6.45) is -0.601. The summed E-state index contributed by atoms with van der Waals surface area (Å²) in [5.41, 5.74) is 1.85. The van der Waals surface area contributed by atoms with Gasteiger partial charge < -0.3 is 4.74 Å². The molecule has 4 heteroatoms.